The first-order chi connectivity index (χ1) is 12.5. The third kappa shape index (κ3) is 3.09. The minimum atomic E-state index is -3.73. The van der Waals surface area contributed by atoms with Crippen LogP contribution in [-0.4, -0.2) is 26.6 Å². The third-order valence-electron chi connectivity index (χ3n) is 4.83. The molecule has 136 valence electrons. The molecular weight excluding hydrogens is 372 g/mol. The zero-order chi connectivity index (χ0) is 18.3. The Hall–Kier alpha value is -2.02. The van der Waals surface area contributed by atoms with Gasteiger partial charge in [-0.3, -0.25) is 0 Å². The SMILES string of the molecule is COc1ccc(Cl)cc1S(=O)(=O)NC1CCc2[nH]c3ccccc3c2C1. The van der Waals surface area contributed by atoms with Crippen molar-refractivity contribution in [2.45, 2.75) is 30.2 Å². The number of hydrogen-bond acceptors (Lipinski definition) is 3. The summed E-state index contributed by atoms with van der Waals surface area (Å²) in [6, 6.07) is 12.5. The van der Waals surface area contributed by atoms with E-state index >= 15 is 0 Å². The molecule has 2 aromatic carbocycles. The van der Waals surface area contributed by atoms with Crippen LogP contribution in [0.25, 0.3) is 10.9 Å². The van der Waals surface area contributed by atoms with Crippen LogP contribution < -0.4 is 9.46 Å². The van der Waals surface area contributed by atoms with Gasteiger partial charge in [-0.2, -0.15) is 0 Å². The second-order valence-electron chi connectivity index (χ2n) is 6.48. The summed E-state index contributed by atoms with van der Waals surface area (Å²) in [5.74, 6) is 0.283. The molecule has 2 N–H and O–H groups in total. The van der Waals surface area contributed by atoms with Gasteiger partial charge in [0.2, 0.25) is 10.0 Å². The fourth-order valence-corrected chi connectivity index (χ4v) is 5.32. The van der Waals surface area contributed by atoms with Gasteiger partial charge in [-0.25, -0.2) is 13.1 Å². The van der Waals surface area contributed by atoms with E-state index in [1.807, 2.05) is 18.2 Å². The third-order valence-corrected chi connectivity index (χ3v) is 6.61. The summed E-state index contributed by atoms with van der Waals surface area (Å²) < 4.78 is 33.8. The lowest BCUT2D eigenvalue weighted by Crippen LogP contribution is -2.38. The van der Waals surface area contributed by atoms with Crippen molar-refractivity contribution in [2.75, 3.05) is 7.11 Å². The molecule has 3 aromatic rings. The topological polar surface area (TPSA) is 71.2 Å². The van der Waals surface area contributed by atoms with Crippen molar-refractivity contribution in [3.63, 3.8) is 0 Å². The van der Waals surface area contributed by atoms with Crippen LogP contribution in [0.1, 0.15) is 17.7 Å². The average molecular weight is 391 g/mol. The number of nitrogens with one attached hydrogen (secondary N) is 2. The predicted octanol–water partition coefficient (Wildman–Crippen LogP) is 3.67. The minimum absolute atomic E-state index is 0.0669. The van der Waals surface area contributed by atoms with E-state index in [-0.39, 0.29) is 16.7 Å². The normalized spacial score (nSPS) is 17.2. The summed E-state index contributed by atoms with van der Waals surface area (Å²) in [5.41, 5.74) is 3.48. The van der Waals surface area contributed by atoms with Crippen molar-refractivity contribution in [1.82, 2.24) is 9.71 Å². The number of rotatable bonds is 4. The van der Waals surface area contributed by atoms with Crippen molar-refractivity contribution >= 4 is 32.5 Å². The number of ether oxygens (including phenoxy) is 1. The Kier molecular flexibility index (Phi) is 4.42. The molecule has 0 aliphatic heterocycles. The summed E-state index contributed by atoms with van der Waals surface area (Å²) in [6.07, 6.45) is 2.20. The molecular formula is C19H19ClN2O3S. The number of aromatic nitrogens is 1. The Labute approximate surface area is 157 Å². The molecule has 0 saturated carbocycles. The molecule has 0 radical (unpaired) electrons. The average Bonchev–Trinajstić information content (AvgIpc) is 2.99. The lowest BCUT2D eigenvalue weighted by molar-refractivity contribution is 0.401. The Morgan fingerprint density at radius 2 is 2.04 bits per heavy atom. The van der Waals surface area contributed by atoms with Gasteiger partial charge in [0, 0.05) is 27.7 Å². The van der Waals surface area contributed by atoms with Gasteiger partial charge in [0.25, 0.3) is 0 Å². The van der Waals surface area contributed by atoms with Gasteiger partial charge in [0.15, 0.2) is 0 Å². The van der Waals surface area contributed by atoms with Crippen LogP contribution in [0.2, 0.25) is 5.02 Å². The van der Waals surface area contributed by atoms with Gasteiger partial charge < -0.3 is 9.72 Å². The maximum absolute atomic E-state index is 12.9. The summed E-state index contributed by atoms with van der Waals surface area (Å²) in [5, 5.41) is 1.51. The van der Waals surface area contributed by atoms with Crippen molar-refractivity contribution in [3.05, 3.63) is 58.7 Å². The lowest BCUT2D eigenvalue weighted by atomic mass is 9.92. The number of H-pyrrole nitrogens is 1. The van der Waals surface area contributed by atoms with Crippen LogP contribution in [0.15, 0.2) is 47.4 Å². The first kappa shape index (κ1) is 17.4. The second kappa shape index (κ2) is 6.61. The van der Waals surface area contributed by atoms with E-state index in [2.05, 4.69) is 15.8 Å². The zero-order valence-corrected chi connectivity index (χ0v) is 15.8. The molecule has 0 saturated heterocycles. The molecule has 0 fully saturated rings. The van der Waals surface area contributed by atoms with Gasteiger partial charge in [0.05, 0.1) is 7.11 Å². The highest BCUT2D eigenvalue weighted by molar-refractivity contribution is 7.89. The van der Waals surface area contributed by atoms with Gasteiger partial charge >= 0.3 is 0 Å². The minimum Gasteiger partial charge on any atom is -0.495 e. The fraction of sp³-hybridized carbons (Fsp3) is 0.263. The number of fused-ring (bicyclic) bond motifs is 3. The summed E-state index contributed by atoms with van der Waals surface area (Å²) in [4.78, 5) is 3.51. The van der Waals surface area contributed by atoms with E-state index in [1.165, 1.54) is 24.4 Å². The number of methoxy groups -OCH3 is 1. The molecule has 5 nitrogen and oxygen atoms in total. The maximum Gasteiger partial charge on any atom is 0.244 e. The number of benzene rings is 2. The smallest absolute Gasteiger partial charge is 0.244 e. The molecule has 1 heterocycles. The summed E-state index contributed by atoms with van der Waals surface area (Å²) in [7, 11) is -2.29. The van der Waals surface area contributed by atoms with Gasteiger partial charge in [0.1, 0.15) is 10.6 Å². The van der Waals surface area contributed by atoms with E-state index in [0.717, 1.165) is 23.7 Å². The molecule has 1 aliphatic carbocycles. The number of sulfonamides is 1. The Balaban J connectivity index is 1.63. The number of halogens is 1. The highest BCUT2D eigenvalue weighted by Crippen LogP contribution is 2.31. The van der Waals surface area contributed by atoms with Gasteiger partial charge in [-0.05, 0) is 49.1 Å². The lowest BCUT2D eigenvalue weighted by Gasteiger charge is -2.24. The molecule has 1 atom stereocenters. The number of para-hydroxylation sites is 1. The van der Waals surface area contributed by atoms with E-state index < -0.39 is 10.0 Å². The van der Waals surface area contributed by atoms with Crippen molar-refractivity contribution < 1.29 is 13.2 Å². The molecule has 0 amide bonds. The van der Waals surface area contributed by atoms with Crippen molar-refractivity contribution in [1.29, 1.82) is 0 Å². The number of hydrogen-bond donors (Lipinski definition) is 2. The van der Waals surface area contributed by atoms with Gasteiger partial charge in [-0.1, -0.05) is 29.8 Å². The van der Waals surface area contributed by atoms with Crippen LogP contribution in [-0.2, 0) is 22.9 Å². The van der Waals surface area contributed by atoms with Crippen molar-refractivity contribution in [2.24, 2.45) is 0 Å². The van der Waals surface area contributed by atoms with Crippen LogP contribution in [0, 0.1) is 0 Å². The Bertz CT molecular complexity index is 1080. The highest BCUT2D eigenvalue weighted by atomic mass is 35.5. The van der Waals surface area contributed by atoms with Crippen LogP contribution in [0.3, 0.4) is 0 Å². The highest BCUT2D eigenvalue weighted by Gasteiger charge is 2.28. The molecule has 7 heteroatoms. The quantitative estimate of drug-likeness (QED) is 0.714. The fourth-order valence-electron chi connectivity index (χ4n) is 3.61. The second-order valence-corrected chi connectivity index (χ2v) is 8.60. The van der Waals surface area contributed by atoms with E-state index in [4.69, 9.17) is 16.3 Å². The Morgan fingerprint density at radius 3 is 2.85 bits per heavy atom. The van der Waals surface area contributed by atoms with E-state index in [0.29, 0.717) is 11.4 Å². The van der Waals surface area contributed by atoms with Crippen LogP contribution in [0.4, 0.5) is 0 Å². The molecule has 1 aromatic heterocycles. The van der Waals surface area contributed by atoms with Gasteiger partial charge in [-0.15, -0.1) is 0 Å². The zero-order valence-electron chi connectivity index (χ0n) is 14.3. The van der Waals surface area contributed by atoms with Crippen LogP contribution >= 0.6 is 11.6 Å². The summed E-state index contributed by atoms with van der Waals surface area (Å²) >= 11 is 5.99. The molecule has 4 rings (SSSR count). The summed E-state index contributed by atoms with van der Waals surface area (Å²) in [6.45, 7) is 0. The molecule has 0 spiro atoms. The first-order valence-corrected chi connectivity index (χ1v) is 10.3. The predicted molar refractivity (Wildman–Crippen MR) is 102 cm³/mol. The van der Waals surface area contributed by atoms with E-state index in [9.17, 15) is 8.42 Å². The number of aryl methyl sites for hydroxylation is 1. The Morgan fingerprint density at radius 1 is 1.23 bits per heavy atom. The first-order valence-electron chi connectivity index (χ1n) is 8.42. The maximum atomic E-state index is 12.9. The monoisotopic (exact) mass is 390 g/mol. The van der Waals surface area contributed by atoms with Crippen LogP contribution in [0.5, 0.6) is 5.75 Å². The largest absolute Gasteiger partial charge is 0.495 e. The standard InChI is InChI=1S/C19H19ClN2O3S/c1-25-18-9-6-12(20)10-19(18)26(23,24)22-13-7-8-17-15(11-13)14-4-2-3-5-16(14)21-17/h2-6,9-10,13,21-22H,7-8,11H2,1H3. The molecule has 26 heavy (non-hydrogen) atoms. The molecule has 1 aliphatic rings. The molecule has 1 unspecified atom stereocenters. The van der Waals surface area contributed by atoms with E-state index in [1.54, 1.807) is 12.1 Å². The number of aromatic amines is 1. The molecule has 0 bridgehead atoms. The van der Waals surface area contributed by atoms with Crippen molar-refractivity contribution in [3.8, 4) is 5.75 Å².